The Balaban J connectivity index is 1.58. The molecule has 0 saturated heterocycles. The van der Waals surface area contributed by atoms with Crippen LogP contribution in [-0.4, -0.2) is 33.9 Å². The first kappa shape index (κ1) is 20.7. The number of ketones is 1. The van der Waals surface area contributed by atoms with Crippen LogP contribution in [0.3, 0.4) is 0 Å². The molecule has 3 rings (SSSR count). The number of aryl methyl sites for hydroxylation is 1. The van der Waals surface area contributed by atoms with E-state index in [4.69, 9.17) is 4.74 Å². The number of hydrogen-bond donors (Lipinski definition) is 0. The van der Waals surface area contributed by atoms with E-state index in [2.05, 4.69) is 5.10 Å². The average Bonchev–Trinajstić information content (AvgIpc) is 3.00. The molecule has 0 fully saturated rings. The Hall–Kier alpha value is -3.00. The number of Topliss-reactive ketones (excluding diaryl/α,β-unsaturated/α-hetero) is 1. The predicted molar refractivity (Wildman–Crippen MR) is 105 cm³/mol. The van der Waals surface area contributed by atoms with Crippen molar-refractivity contribution in [3.05, 3.63) is 77.1 Å². The highest BCUT2D eigenvalue weighted by Gasteiger charge is 2.17. The normalized spacial score (nSPS) is 10.8. The van der Waals surface area contributed by atoms with Gasteiger partial charge < -0.3 is 4.74 Å². The minimum absolute atomic E-state index is 0.00672. The van der Waals surface area contributed by atoms with Crippen LogP contribution in [0.2, 0.25) is 0 Å². The molecule has 3 aromatic rings. The standard InChI is InChI=1S/C21H18F2N2O3S/c1-13-21(14(2)25(24-13)16-6-4-3-5-7-16)29-12-20(27)28-11-19(26)15-8-9-17(22)18(23)10-15/h3-10H,11-12H2,1-2H3. The fraction of sp³-hybridized carbons (Fsp3) is 0.190. The molecule has 0 N–H and O–H groups in total. The van der Waals surface area contributed by atoms with E-state index in [-0.39, 0.29) is 11.3 Å². The molecule has 2 aromatic carbocycles. The van der Waals surface area contributed by atoms with Gasteiger partial charge in [-0.2, -0.15) is 5.10 Å². The van der Waals surface area contributed by atoms with E-state index in [0.717, 1.165) is 40.2 Å². The van der Waals surface area contributed by atoms with Gasteiger partial charge in [0.2, 0.25) is 0 Å². The summed E-state index contributed by atoms with van der Waals surface area (Å²) >= 11 is 1.27. The van der Waals surface area contributed by atoms with Crippen LogP contribution in [0, 0.1) is 25.5 Å². The summed E-state index contributed by atoms with van der Waals surface area (Å²) in [6, 6.07) is 12.4. The summed E-state index contributed by atoms with van der Waals surface area (Å²) in [5.74, 6) is -3.37. The first-order chi connectivity index (χ1) is 13.9. The molecule has 1 heterocycles. The van der Waals surface area contributed by atoms with Crippen molar-refractivity contribution in [3.63, 3.8) is 0 Å². The largest absolute Gasteiger partial charge is 0.457 e. The number of ether oxygens (including phenoxy) is 1. The zero-order valence-corrected chi connectivity index (χ0v) is 16.6. The molecule has 150 valence electrons. The van der Waals surface area contributed by atoms with Gasteiger partial charge >= 0.3 is 5.97 Å². The number of nitrogens with zero attached hydrogens (tertiary/aromatic N) is 2. The van der Waals surface area contributed by atoms with Gasteiger partial charge in [0, 0.05) is 5.56 Å². The first-order valence-corrected chi connectivity index (χ1v) is 9.73. The highest BCUT2D eigenvalue weighted by Crippen LogP contribution is 2.28. The van der Waals surface area contributed by atoms with Crippen molar-refractivity contribution in [1.29, 1.82) is 0 Å². The van der Waals surface area contributed by atoms with Gasteiger partial charge in [-0.1, -0.05) is 18.2 Å². The fourth-order valence-corrected chi connectivity index (χ4v) is 3.62. The van der Waals surface area contributed by atoms with Crippen molar-refractivity contribution < 1.29 is 23.1 Å². The Kier molecular flexibility index (Phi) is 6.43. The second-order valence-corrected chi connectivity index (χ2v) is 7.23. The zero-order valence-electron chi connectivity index (χ0n) is 15.8. The maximum atomic E-state index is 13.2. The van der Waals surface area contributed by atoms with E-state index in [1.807, 2.05) is 44.2 Å². The maximum absolute atomic E-state index is 13.2. The highest BCUT2D eigenvalue weighted by molar-refractivity contribution is 8.00. The molecular weight excluding hydrogens is 398 g/mol. The topological polar surface area (TPSA) is 61.2 Å². The molecule has 0 aliphatic heterocycles. The van der Waals surface area contributed by atoms with Crippen molar-refractivity contribution in [1.82, 2.24) is 9.78 Å². The number of para-hydroxylation sites is 1. The van der Waals surface area contributed by atoms with E-state index in [1.54, 1.807) is 4.68 Å². The summed E-state index contributed by atoms with van der Waals surface area (Å²) in [5.41, 5.74) is 2.53. The number of carbonyl (C=O) groups is 2. The SMILES string of the molecule is Cc1nn(-c2ccccc2)c(C)c1SCC(=O)OCC(=O)c1ccc(F)c(F)c1. The number of esters is 1. The Labute approximate surface area is 170 Å². The van der Waals surface area contributed by atoms with Crippen LogP contribution in [0.15, 0.2) is 53.4 Å². The highest BCUT2D eigenvalue weighted by atomic mass is 32.2. The van der Waals surface area contributed by atoms with Crippen LogP contribution in [0.25, 0.3) is 5.69 Å². The van der Waals surface area contributed by atoms with Crippen molar-refractivity contribution >= 4 is 23.5 Å². The molecule has 0 amide bonds. The third-order valence-electron chi connectivity index (χ3n) is 4.17. The number of aromatic nitrogens is 2. The monoisotopic (exact) mass is 416 g/mol. The Morgan fingerprint density at radius 1 is 1.07 bits per heavy atom. The van der Waals surface area contributed by atoms with Gasteiger partial charge in [0.15, 0.2) is 24.0 Å². The Bertz CT molecular complexity index is 1050. The minimum Gasteiger partial charge on any atom is -0.457 e. The summed E-state index contributed by atoms with van der Waals surface area (Å²) < 4.78 is 32.9. The van der Waals surface area contributed by atoms with Gasteiger partial charge in [0.05, 0.1) is 27.7 Å². The molecule has 0 aliphatic carbocycles. The smallest absolute Gasteiger partial charge is 0.316 e. The van der Waals surface area contributed by atoms with Crippen LogP contribution >= 0.6 is 11.8 Å². The van der Waals surface area contributed by atoms with Gasteiger partial charge in [-0.25, -0.2) is 13.5 Å². The van der Waals surface area contributed by atoms with E-state index in [0.29, 0.717) is 0 Å². The van der Waals surface area contributed by atoms with Crippen LogP contribution in [0.5, 0.6) is 0 Å². The summed E-state index contributed by atoms with van der Waals surface area (Å²) in [6.07, 6.45) is 0. The quantitative estimate of drug-likeness (QED) is 0.327. The van der Waals surface area contributed by atoms with Crippen LogP contribution in [-0.2, 0) is 9.53 Å². The van der Waals surface area contributed by atoms with Gasteiger partial charge in [0.25, 0.3) is 0 Å². The van der Waals surface area contributed by atoms with Crippen LogP contribution < -0.4 is 0 Å². The fourth-order valence-electron chi connectivity index (χ4n) is 2.73. The van der Waals surface area contributed by atoms with Crippen molar-refractivity contribution in [2.75, 3.05) is 12.4 Å². The minimum atomic E-state index is -1.13. The predicted octanol–water partition coefficient (Wildman–Crippen LogP) is 4.29. The number of halogens is 2. The molecule has 0 spiro atoms. The Morgan fingerprint density at radius 2 is 1.79 bits per heavy atom. The maximum Gasteiger partial charge on any atom is 0.316 e. The third kappa shape index (κ3) is 4.89. The molecule has 0 saturated carbocycles. The summed E-state index contributed by atoms with van der Waals surface area (Å²) in [7, 11) is 0. The van der Waals surface area contributed by atoms with Crippen LogP contribution in [0.4, 0.5) is 8.78 Å². The van der Waals surface area contributed by atoms with E-state index >= 15 is 0 Å². The summed E-state index contributed by atoms with van der Waals surface area (Å²) in [5, 5.41) is 4.51. The third-order valence-corrected chi connectivity index (χ3v) is 5.43. The molecule has 1 aromatic heterocycles. The van der Waals surface area contributed by atoms with E-state index < -0.39 is 30.0 Å². The number of thioether (sulfide) groups is 1. The molecular formula is C21H18F2N2O3S. The number of rotatable bonds is 7. The molecule has 0 aliphatic rings. The van der Waals surface area contributed by atoms with E-state index in [9.17, 15) is 18.4 Å². The van der Waals surface area contributed by atoms with Crippen molar-refractivity contribution in [2.45, 2.75) is 18.7 Å². The number of carbonyl (C=O) groups excluding carboxylic acids is 2. The molecule has 0 radical (unpaired) electrons. The molecule has 8 heteroatoms. The lowest BCUT2D eigenvalue weighted by molar-refractivity contribution is -0.139. The lowest BCUT2D eigenvalue weighted by atomic mass is 10.1. The average molecular weight is 416 g/mol. The second kappa shape index (κ2) is 9.00. The van der Waals surface area contributed by atoms with Gasteiger partial charge in [-0.3, -0.25) is 9.59 Å². The number of hydrogen-bond acceptors (Lipinski definition) is 5. The molecule has 0 bridgehead atoms. The molecule has 5 nitrogen and oxygen atoms in total. The lowest BCUT2D eigenvalue weighted by Crippen LogP contribution is -2.16. The van der Waals surface area contributed by atoms with E-state index in [1.165, 1.54) is 11.8 Å². The molecule has 0 unspecified atom stereocenters. The van der Waals surface area contributed by atoms with Crippen LogP contribution in [0.1, 0.15) is 21.7 Å². The van der Waals surface area contributed by atoms with Gasteiger partial charge in [-0.05, 0) is 44.2 Å². The van der Waals surface area contributed by atoms with Crippen molar-refractivity contribution in [3.8, 4) is 5.69 Å². The van der Waals surface area contributed by atoms with Gasteiger partial charge in [0.1, 0.15) is 0 Å². The Morgan fingerprint density at radius 3 is 2.48 bits per heavy atom. The lowest BCUT2D eigenvalue weighted by Gasteiger charge is -2.06. The zero-order chi connectivity index (χ0) is 21.0. The molecule has 29 heavy (non-hydrogen) atoms. The second-order valence-electron chi connectivity index (χ2n) is 6.25. The van der Waals surface area contributed by atoms with Gasteiger partial charge in [-0.15, -0.1) is 11.8 Å². The molecule has 0 atom stereocenters. The first-order valence-electron chi connectivity index (χ1n) is 8.75. The summed E-state index contributed by atoms with van der Waals surface area (Å²) in [6.45, 7) is 3.23. The summed E-state index contributed by atoms with van der Waals surface area (Å²) in [4.78, 5) is 24.8. The van der Waals surface area contributed by atoms with Crippen molar-refractivity contribution in [2.24, 2.45) is 0 Å². The number of benzene rings is 2.